The lowest BCUT2D eigenvalue weighted by molar-refractivity contribution is 0.0655. The second-order valence-corrected chi connectivity index (χ2v) is 8.52. The van der Waals surface area contributed by atoms with Crippen molar-refractivity contribution in [3.05, 3.63) is 46.1 Å². The van der Waals surface area contributed by atoms with Crippen LogP contribution in [0.2, 0.25) is 0 Å². The molecule has 6 heteroatoms. The van der Waals surface area contributed by atoms with Crippen molar-refractivity contribution in [1.82, 2.24) is 9.88 Å². The zero-order valence-corrected chi connectivity index (χ0v) is 16.6. The van der Waals surface area contributed by atoms with Gasteiger partial charge in [0.2, 0.25) is 0 Å². The number of aromatic nitrogens is 1. The van der Waals surface area contributed by atoms with E-state index in [2.05, 4.69) is 39.2 Å². The summed E-state index contributed by atoms with van der Waals surface area (Å²) in [4.78, 5) is 22.8. The molecule has 0 N–H and O–H groups in total. The molecule has 1 aliphatic heterocycles. The molecule has 4 nitrogen and oxygen atoms in total. The van der Waals surface area contributed by atoms with Gasteiger partial charge in [-0.15, -0.1) is 22.7 Å². The predicted octanol–water partition coefficient (Wildman–Crippen LogP) is 4.88. The number of hydrogen-bond acceptors (Lipinski definition) is 5. The number of nitrogens with zero attached hydrogens (tertiary/aromatic N) is 3. The number of pyridine rings is 1. The largest absolute Gasteiger partial charge is 0.370 e. The maximum Gasteiger partial charge on any atom is 0.264 e. The second-order valence-electron chi connectivity index (χ2n) is 6.66. The fraction of sp³-hybridized carbons (Fsp3) is 0.400. The average molecular weight is 386 g/mol. The summed E-state index contributed by atoms with van der Waals surface area (Å²) in [6, 6.07) is 8.44. The monoisotopic (exact) mass is 385 g/mol. The van der Waals surface area contributed by atoms with Crippen LogP contribution in [0.5, 0.6) is 0 Å². The number of carbonyl (C=O) groups excluding carboxylic acids is 1. The zero-order valence-electron chi connectivity index (χ0n) is 14.9. The van der Waals surface area contributed by atoms with Crippen molar-refractivity contribution in [2.75, 3.05) is 24.5 Å². The third-order valence-electron chi connectivity index (χ3n) is 5.03. The quantitative estimate of drug-likeness (QED) is 0.628. The number of carbonyl (C=O) groups is 1. The Balaban J connectivity index is 1.48. The molecule has 1 saturated heterocycles. The summed E-state index contributed by atoms with van der Waals surface area (Å²) < 4.78 is 1.27. The van der Waals surface area contributed by atoms with E-state index < -0.39 is 0 Å². The van der Waals surface area contributed by atoms with Gasteiger partial charge in [-0.1, -0.05) is 13.0 Å². The summed E-state index contributed by atoms with van der Waals surface area (Å²) >= 11 is 3.30. The smallest absolute Gasteiger partial charge is 0.264 e. The first-order valence-electron chi connectivity index (χ1n) is 9.19. The minimum absolute atomic E-state index is 0.199. The molecule has 0 aromatic carbocycles. The topological polar surface area (TPSA) is 36.4 Å². The third-order valence-corrected chi connectivity index (χ3v) is 6.81. The van der Waals surface area contributed by atoms with E-state index in [1.165, 1.54) is 10.4 Å². The highest BCUT2D eigenvalue weighted by molar-refractivity contribution is 7.17. The highest BCUT2D eigenvalue weighted by Gasteiger charge is 2.29. The first-order chi connectivity index (χ1) is 12.8. The van der Waals surface area contributed by atoms with Crippen molar-refractivity contribution in [2.24, 2.45) is 0 Å². The minimum atomic E-state index is 0.199. The normalized spacial score (nSPS) is 15.5. The van der Waals surface area contributed by atoms with Crippen LogP contribution in [0.15, 0.2) is 41.2 Å². The van der Waals surface area contributed by atoms with E-state index in [1.807, 2.05) is 23.7 Å². The summed E-state index contributed by atoms with van der Waals surface area (Å²) in [5.74, 6) is 0.199. The Labute approximate surface area is 162 Å². The van der Waals surface area contributed by atoms with Gasteiger partial charge in [0.25, 0.3) is 5.91 Å². The zero-order chi connectivity index (χ0) is 17.9. The lowest BCUT2D eigenvalue weighted by atomic mass is 10.0. The van der Waals surface area contributed by atoms with Gasteiger partial charge in [-0.3, -0.25) is 9.78 Å². The molecule has 0 spiro atoms. The van der Waals surface area contributed by atoms with Crippen molar-refractivity contribution in [3.63, 3.8) is 0 Å². The van der Waals surface area contributed by atoms with Crippen LogP contribution in [-0.2, 0) is 0 Å². The van der Waals surface area contributed by atoms with Crippen LogP contribution in [0.3, 0.4) is 0 Å². The molecule has 4 heterocycles. The van der Waals surface area contributed by atoms with Crippen molar-refractivity contribution in [1.29, 1.82) is 0 Å². The molecule has 0 bridgehead atoms. The molecule has 0 saturated carbocycles. The third kappa shape index (κ3) is 3.35. The number of hydrogen-bond donors (Lipinski definition) is 0. The average Bonchev–Trinajstić information content (AvgIpc) is 3.37. The van der Waals surface area contributed by atoms with Crippen molar-refractivity contribution in [2.45, 2.75) is 32.2 Å². The summed E-state index contributed by atoms with van der Waals surface area (Å²) in [5.41, 5.74) is 2.37. The lowest BCUT2D eigenvalue weighted by Crippen LogP contribution is -2.47. The van der Waals surface area contributed by atoms with Crippen LogP contribution >= 0.6 is 22.7 Å². The van der Waals surface area contributed by atoms with Crippen molar-refractivity contribution in [3.8, 4) is 0 Å². The molecule has 0 aliphatic carbocycles. The van der Waals surface area contributed by atoms with Crippen LogP contribution in [0.25, 0.3) is 10.2 Å². The molecule has 0 unspecified atom stereocenters. The second kappa shape index (κ2) is 7.76. The van der Waals surface area contributed by atoms with Crippen molar-refractivity contribution >= 4 is 44.5 Å². The summed E-state index contributed by atoms with van der Waals surface area (Å²) in [6.07, 6.45) is 4.94. The molecule has 4 rings (SSSR count). The highest BCUT2D eigenvalue weighted by Crippen LogP contribution is 2.32. The predicted molar refractivity (Wildman–Crippen MR) is 111 cm³/mol. The number of amides is 1. The number of piperidine rings is 1. The molecule has 3 aromatic heterocycles. The number of anilines is 1. The molecule has 0 atom stereocenters. The van der Waals surface area contributed by atoms with E-state index in [0.717, 1.165) is 49.3 Å². The van der Waals surface area contributed by atoms with Gasteiger partial charge in [-0.25, -0.2) is 0 Å². The standard InChI is InChI=1S/C20H23N3OS2/c1-2-10-23(20(24)18-4-3-13-25-18)15-6-11-22(12-7-15)17-5-9-21-16-8-14-26-19(16)17/h3-5,8-9,13-15H,2,6-7,10-12H2,1H3. The molecular weight excluding hydrogens is 362 g/mol. The summed E-state index contributed by atoms with van der Waals surface area (Å²) in [6.45, 7) is 4.96. The maximum atomic E-state index is 12.9. The molecule has 26 heavy (non-hydrogen) atoms. The van der Waals surface area contributed by atoms with Crippen LogP contribution in [0.4, 0.5) is 5.69 Å². The fourth-order valence-corrected chi connectivity index (χ4v) is 5.33. The van der Waals surface area contributed by atoms with E-state index in [-0.39, 0.29) is 5.91 Å². The highest BCUT2D eigenvalue weighted by atomic mass is 32.1. The Morgan fingerprint density at radius 1 is 1.23 bits per heavy atom. The lowest BCUT2D eigenvalue weighted by Gasteiger charge is -2.39. The van der Waals surface area contributed by atoms with Gasteiger partial charge in [0, 0.05) is 31.9 Å². The van der Waals surface area contributed by atoms with Crippen LogP contribution in [0.1, 0.15) is 35.9 Å². The van der Waals surface area contributed by atoms with E-state index in [0.29, 0.717) is 6.04 Å². The SMILES string of the molecule is CCCN(C(=O)c1cccs1)C1CCN(c2ccnc3ccsc23)CC1. The summed E-state index contributed by atoms with van der Waals surface area (Å²) in [5, 5.41) is 4.09. The van der Waals surface area contributed by atoms with Gasteiger partial charge in [0.05, 0.1) is 20.8 Å². The first kappa shape index (κ1) is 17.5. The van der Waals surface area contributed by atoms with Gasteiger partial charge in [-0.2, -0.15) is 0 Å². The Bertz CT molecular complexity index is 866. The number of fused-ring (bicyclic) bond motifs is 1. The molecule has 0 radical (unpaired) electrons. The van der Waals surface area contributed by atoms with Gasteiger partial charge in [-0.05, 0) is 48.2 Å². The fourth-order valence-electron chi connectivity index (χ4n) is 3.76. The number of thiophene rings is 2. The van der Waals surface area contributed by atoms with E-state index in [4.69, 9.17) is 0 Å². The molecule has 1 aliphatic rings. The van der Waals surface area contributed by atoms with E-state index in [9.17, 15) is 4.79 Å². The van der Waals surface area contributed by atoms with E-state index >= 15 is 0 Å². The molecule has 136 valence electrons. The van der Waals surface area contributed by atoms with Crippen LogP contribution < -0.4 is 4.90 Å². The summed E-state index contributed by atoms with van der Waals surface area (Å²) in [7, 11) is 0. The Hall–Kier alpha value is -1.92. The number of rotatable bonds is 5. The molecule has 3 aromatic rings. The first-order valence-corrected chi connectivity index (χ1v) is 11.0. The van der Waals surface area contributed by atoms with E-state index in [1.54, 1.807) is 22.7 Å². The van der Waals surface area contributed by atoms with Gasteiger partial charge >= 0.3 is 0 Å². The Morgan fingerprint density at radius 2 is 2.08 bits per heavy atom. The van der Waals surface area contributed by atoms with Crippen molar-refractivity contribution < 1.29 is 4.79 Å². The van der Waals surface area contributed by atoms with Crippen LogP contribution in [0, 0.1) is 0 Å². The maximum absolute atomic E-state index is 12.9. The molecule has 1 amide bonds. The Morgan fingerprint density at radius 3 is 2.81 bits per heavy atom. The molecular formula is C20H23N3OS2. The Kier molecular flexibility index (Phi) is 5.22. The molecule has 1 fully saturated rings. The van der Waals surface area contributed by atoms with Crippen LogP contribution in [-0.4, -0.2) is 41.5 Å². The van der Waals surface area contributed by atoms with Gasteiger partial charge < -0.3 is 9.80 Å². The van der Waals surface area contributed by atoms with Gasteiger partial charge in [0.15, 0.2) is 0 Å². The minimum Gasteiger partial charge on any atom is -0.370 e. The van der Waals surface area contributed by atoms with Gasteiger partial charge in [0.1, 0.15) is 0 Å².